The molecule has 3 rings (SSSR count). The van der Waals surface area contributed by atoms with E-state index in [1.54, 1.807) is 0 Å². The summed E-state index contributed by atoms with van der Waals surface area (Å²) in [5.41, 5.74) is 1.33. The van der Waals surface area contributed by atoms with Gasteiger partial charge in [0.25, 0.3) is 0 Å². The van der Waals surface area contributed by atoms with E-state index in [0.717, 1.165) is 38.7 Å². The highest BCUT2D eigenvalue weighted by molar-refractivity contribution is 5.40. The van der Waals surface area contributed by atoms with Gasteiger partial charge in [0.2, 0.25) is 0 Å². The fourth-order valence-electron chi connectivity index (χ4n) is 2.72. The lowest BCUT2D eigenvalue weighted by Gasteiger charge is -2.28. The van der Waals surface area contributed by atoms with Crippen molar-refractivity contribution in [3.8, 4) is 0 Å². The van der Waals surface area contributed by atoms with Crippen LogP contribution in [0.2, 0.25) is 0 Å². The van der Waals surface area contributed by atoms with Crippen molar-refractivity contribution in [3.05, 3.63) is 23.9 Å². The average Bonchev–Trinajstić information content (AvgIpc) is 2.49. The number of nitrogens with one attached hydrogen (secondary N) is 1. The van der Waals surface area contributed by atoms with Crippen LogP contribution in [0.3, 0.4) is 0 Å². The zero-order valence-corrected chi connectivity index (χ0v) is 10.8. The van der Waals surface area contributed by atoms with Gasteiger partial charge in [0, 0.05) is 25.3 Å². The Morgan fingerprint density at radius 2 is 2.11 bits per heavy atom. The number of hydrogen-bond donors (Lipinski definition) is 1. The van der Waals surface area contributed by atoms with Crippen LogP contribution in [0.4, 0.5) is 5.82 Å². The molecular weight excluding hydrogens is 226 g/mol. The smallest absolute Gasteiger partial charge is 0.128 e. The van der Waals surface area contributed by atoms with E-state index in [0.29, 0.717) is 6.04 Å². The van der Waals surface area contributed by atoms with Crippen molar-refractivity contribution in [3.63, 3.8) is 0 Å². The second-order valence-electron chi connectivity index (χ2n) is 5.05. The van der Waals surface area contributed by atoms with Gasteiger partial charge in [-0.3, -0.25) is 0 Å². The SMILES string of the molecule is c1cc(N2CCOCC2)ncc1[C@@H]1CCCCN1. The Morgan fingerprint density at radius 1 is 1.22 bits per heavy atom. The molecule has 0 unspecified atom stereocenters. The molecule has 3 heterocycles. The van der Waals surface area contributed by atoms with Gasteiger partial charge in [-0.25, -0.2) is 4.98 Å². The second kappa shape index (κ2) is 5.67. The maximum absolute atomic E-state index is 5.36. The molecule has 1 aromatic heterocycles. The summed E-state index contributed by atoms with van der Waals surface area (Å²) in [7, 11) is 0. The van der Waals surface area contributed by atoms with E-state index in [2.05, 4.69) is 27.3 Å². The minimum Gasteiger partial charge on any atom is -0.378 e. The van der Waals surface area contributed by atoms with E-state index in [1.807, 2.05) is 6.20 Å². The number of morpholine rings is 1. The fourth-order valence-corrected chi connectivity index (χ4v) is 2.72. The van der Waals surface area contributed by atoms with E-state index >= 15 is 0 Å². The summed E-state index contributed by atoms with van der Waals surface area (Å²) in [5.74, 6) is 1.08. The van der Waals surface area contributed by atoms with Gasteiger partial charge >= 0.3 is 0 Å². The predicted molar refractivity (Wildman–Crippen MR) is 71.9 cm³/mol. The number of piperidine rings is 1. The molecule has 2 saturated heterocycles. The molecule has 2 aliphatic heterocycles. The first kappa shape index (κ1) is 11.9. The topological polar surface area (TPSA) is 37.4 Å². The Labute approximate surface area is 108 Å². The lowest BCUT2D eigenvalue weighted by Crippen LogP contribution is -2.36. The van der Waals surface area contributed by atoms with Crippen LogP contribution in [0.5, 0.6) is 0 Å². The van der Waals surface area contributed by atoms with Crippen molar-refractivity contribution in [1.29, 1.82) is 0 Å². The van der Waals surface area contributed by atoms with Gasteiger partial charge in [-0.1, -0.05) is 12.5 Å². The minimum atomic E-state index is 0.505. The van der Waals surface area contributed by atoms with Crippen LogP contribution in [-0.2, 0) is 4.74 Å². The van der Waals surface area contributed by atoms with E-state index in [-0.39, 0.29) is 0 Å². The van der Waals surface area contributed by atoms with Crippen LogP contribution in [0.15, 0.2) is 18.3 Å². The first-order valence-electron chi connectivity index (χ1n) is 6.95. The normalized spacial score (nSPS) is 25.1. The lowest BCUT2D eigenvalue weighted by molar-refractivity contribution is 0.122. The standard InChI is InChI=1S/C14H21N3O/c1-2-6-15-13(3-1)12-4-5-14(16-11-12)17-7-9-18-10-8-17/h4-5,11,13,15H,1-3,6-10H2/t13-/m0/s1. The molecule has 18 heavy (non-hydrogen) atoms. The van der Waals surface area contributed by atoms with E-state index < -0.39 is 0 Å². The Hall–Kier alpha value is -1.13. The van der Waals surface area contributed by atoms with E-state index in [1.165, 1.54) is 24.8 Å². The van der Waals surface area contributed by atoms with Crippen molar-refractivity contribution >= 4 is 5.82 Å². The molecule has 4 heteroatoms. The van der Waals surface area contributed by atoms with E-state index in [4.69, 9.17) is 4.74 Å². The molecule has 98 valence electrons. The molecule has 1 aromatic rings. The number of aromatic nitrogens is 1. The van der Waals surface area contributed by atoms with Gasteiger partial charge in [-0.15, -0.1) is 0 Å². The molecule has 0 radical (unpaired) electrons. The molecule has 2 fully saturated rings. The van der Waals surface area contributed by atoms with Gasteiger partial charge in [0.15, 0.2) is 0 Å². The highest BCUT2D eigenvalue weighted by Crippen LogP contribution is 2.23. The van der Waals surface area contributed by atoms with Gasteiger partial charge in [-0.05, 0) is 31.0 Å². The predicted octanol–water partition coefficient (Wildman–Crippen LogP) is 1.73. The van der Waals surface area contributed by atoms with Crippen LogP contribution in [0, 0.1) is 0 Å². The summed E-state index contributed by atoms with van der Waals surface area (Å²) < 4.78 is 5.36. The number of hydrogen-bond acceptors (Lipinski definition) is 4. The quantitative estimate of drug-likeness (QED) is 0.863. The maximum atomic E-state index is 5.36. The van der Waals surface area contributed by atoms with Crippen molar-refractivity contribution < 1.29 is 4.74 Å². The summed E-state index contributed by atoms with van der Waals surface area (Å²) in [4.78, 5) is 6.90. The zero-order chi connectivity index (χ0) is 12.2. The van der Waals surface area contributed by atoms with Crippen LogP contribution in [-0.4, -0.2) is 37.8 Å². The van der Waals surface area contributed by atoms with Crippen LogP contribution >= 0.6 is 0 Å². The summed E-state index contributed by atoms with van der Waals surface area (Å²) in [6.07, 6.45) is 5.89. The number of rotatable bonds is 2. The number of ether oxygens (including phenoxy) is 1. The highest BCUT2D eigenvalue weighted by atomic mass is 16.5. The number of nitrogens with zero attached hydrogens (tertiary/aromatic N) is 2. The fraction of sp³-hybridized carbons (Fsp3) is 0.643. The summed E-state index contributed by atoms with van der Waals surface area (Å²) in [6.45, 7) is 4.67. The molecule has 0 saturated carbocycles. The Bertz CT molecular complexity index is 330. The van der Waals surface area contributed by atoms with Gasteiger partial charge in [0.1, 0.15) is 5.82 Å². The molecule has 1 atom stereocenters. The molecule has 0 aromatic carbocycles. The Kier molecular flexibility index (Phi) is 3.76. The van der Waals surface area contributed by atoms with Gasteiger partial charge in [0.05, 0.1) is 13.2 Å². The Balaban J connectivity index is 1.67. The molecule has 1 N–H and O–H groups in total. The zero-order valence-electron chi connectivity index (χ0n) is 10.8. The minimum absolute atomic E-state index is 0.505. The van der Waals surface area contributed by atoms with E-state index in [9.17, 15) is 0 Å². The van der Waals surface area contributed by atoms with Gasteiger partial charge < -0.3 is 15.0 Å². The molecule has 0 spiro atoms. The molecule has 0 aliphatic carbocycles. The first-order valence-corrected chi connectivity index (χ1v) is 6.95. The summed E-state index contributed by atoms with van der Waals surface area (Å²) in [6, 6.07) is 4.88. The van der Waals surface area contributed by atoms with Crippen LogP contribution < -0.4 is 10.2 Å². The maximum Gasteiger partial charge on any atom is 0.128 e. The van der Waals surface area contributed by atoms with Crippen molar-refractivity contribution in [2.75, 3.05) is 37.7 Å². The molecule has 0 bridgehead atoms. The largest absolute Gasteiger partial charge is 0.378 e. The van der Waals surface area contributed by atoms with Crippen molar-refractivity contribution in [2.45, 2.75) is 25.3 Å². The highest BCUT2D eigenvalue weighted by Gasteiger charge is 2.16. The third-order valence-corrected chi connectivity index (χ3v) is 3.82. The molecule has 4 nitrogen and oxygen atoms in total. The first-order chi connectivity index (χ1) is 8.93. The Morgan fingerprint density at radius 3 is 2.78 bits per heavy atom. The van der Waals surface area contributed by atoms with Crippen LogP contribution in [0.25, 0.3) is 0 Å². The van der Waals surface area contributed by atoms with Crippen molar-refractivity contribution in [2.24, 2.45) is 0 Å². The van der Waals surface area contributed by atoms with Crippen molar-refractivity contribution in [1.82, 2.24) is 10.3 Å². The number of pyridine rings is 1. The van der Waals surface area contributed by atoms with Crippen LogP contribution in [0.1, 0.15) is 30.9 Å². The second-order valence-corrected chi connectivity index (χ2v) is 5.05. The average molecular weight is 247 g/mol. The third-order valence-electron chi connectivity index (χ3n) is 3.82. The summed E-state index contributed by atoms with van der Waals surface area (Å²) >= 11 is 0. The lowest BCUT2D eigenvalue weighted by atomic mass is 9.99. The number of anilines is 1. The monoisotopic (exact) mass is 247 g/mol. The molecule has 2 aliphatic rings. The molecule has 0 amide bonds. The molecular formula is C14H21N3O. The third kappa shape index (κ3) is 2.65. The van der Waals surface area contributed by atoms with Gasteiger partial charge in [-0.2, -0.15) is 0 Å². The summed E-state index contributed by atoms with van der Waals surface area (Å²) in [5, 5.41) is 3.56.